The molecule has 0 amide bonds. The van der Waals surface area contributed by atoms with E-state index in [0.717, 1.165) is 32.0 Å². The van der Waals surface area contributed by atoms with E-state index in [9.17, 15) is 0 Å². The van der Waals surface area contributed by atoms with E-state index in [0.29, 0.717) is 11.6 Å². The van der Waals surface area contributed by atoms with Gasteiger partial charge in [0.2, 0.25) is 5.90 Å². The van der Waals surface area contributed by atoms with Gasteiger partial charge >= 0.3 is 0 Å². The van der Waals surface area contributed by atoms with Crippen LogP contribution >= 0.6 is 0 Å². The number of hydrogen-bond donors (Lipinski definition) is 0. The molecular formula is C15H25N3O. The summed E-state index contributed by atoms with van der Waals surface area (Å²) in [5.41, 5.74) is 1.72. The maximum atomic E-state index is 7.91. The second-order valence-corrected chi connectivity index (χ2v) is 4.52. The summed E-state index contributed by atoms with van der Waals surface area (Å²) >= 11 is 0. The Morgan fingerprint density at radius 3 is 3.11 bits per heavy atom. The van der Waals surface area contributed by atoms with Gasteiger partial charge in [-0.1, -0.05) is 32.1 Å². The van der Waals surface area contributed by atoms with Gasteiger partial charge < -0.3 is 9.64 Å². The van der Waals surface area contributed by atoms with Crippen LogP contribution in [-0.2, 0) is 4.74 Å². The smallest absolute Gasteiger partial charge is 0.237 e. The molecule has 4 heteroatoms. The van der Waals surface area contributed by atoms with Crippen LogP contribution in [-0.4, -0.2) is 49.9 Å². The molecule has 0 spiro atoms. The van der Waals surface area contributed by atoms with Gasteiger partial charge in [-0.05, 0) is 25.5 Å². The van der Waals surface area contributed by atoms with Gasteiger partial charge in [-0.3, -0.25) is 4.99 Å². The lowest BCUT2D eigenvalue weighted by Crippen LogP contribution is -2.31. The van der Waals surface area contributed by atoms with Gasteiger partial charge in [-0.2, -0.15) is 0 Å². The highest BCUT2D eigenvalue weighted by molar-refractivity contribution is 6.46. The van der Waals surface area contributed by atoms with Crippen LogP contribution in [0.5, 0.6) is 0 Å². The fourth-order valence-corrected chi connectivity index (χ4v) is 2.08. The zero-order valence-corrected chi connectivity index (χ0v) is 11.6. The number of likely N-dealkylation sites (N-methyl/N-ethyl adjacent to an activating group) is 1. The Kier molecular flexibility index (Phi) is 3.21. The highest BCUT2D eigenvalue weighted by Gasteiger charge is 2.22. The second kappa shape index (κ2) is 7.43. The van der Waals surface area contributed by atoms with E-state index in [1.54, 1.807) is 0 Å². The van der Waals surface area contributed by atoms with E-state index in [1.807, 2.05) is 7.05 Å². The SMILES string of the molecule is [2H]C([2H])(C)C([2H])([2H])C([2H])([2H])CCOC1=NCN=C1C1=CCCN(C)C1. The fraction of sp³-hybridized carbons (Fsp3) is 0.733. The molecule has 0 unspecified atom stereocenters. The summed E-state index contributed by atoms with van der Waals surface area (Å²) < 4.78 is 52.0. The number of aliphatic imine (C=N–C) groups is 2. The van der Waals surface area contributed by atoms with E-state index < -0.39 is 19.1 Å². The van der Waals surface area contributed by atoms with Crippen LogP contribution in [0.1, 0.15) is 47.1 Å². The molecule has 2 rings (SSSR count). The van der Waals surface area contributed by atoms with Crippen molar-refractivity contribution in [2.75, 3.05) is 33.4 Å². The summed E-state index contributed by atoms with van der Waals surface area (Å²) in [5.74, 6) is 0.359. The highest BCUT2D eigenvalue weighted by atomic mass is 16.5. The number of ether oxygens (including phenoxy) is 1. The molecule has 2 heterocycles. The lowest BCUT2D eigenvalue weighted by atomic mass is 10.1. The molecule has 0 saturated carbocycles. The van der Waals surface area contributed by atoms with Gasteiger partial charge in [0.05, 0.1) is 6.61 Å². The zero-order valence-electron chi connectivity index (χ0n) is 17.6. The molecule has 0 aliphatic carbocycles. The van der Waals surface area contributed by atoms with Gasteiger partial charge in [-0.25, -0.2) is 4.99 Å². The summed E-state index contributed by atoms with van der Waals surface area (Å²) in [6.07, 6.45) is -4.55. The van der Waals surface area contributed by atoms with Crippen LogP contribution in [0.2, 0.25) is 0 Å². The maximum Gasteiger partial charge on any atom is 0.237 e. The van der Waals surface area contributed by atoms with Gasteiger partial charge in [0.25, 0.3) is 0 Å². The predicted molar refractivity (Wildman–Crippen MR) is 80.0 cm³/mol. The first-order chi connectivity index (χ1) is 11.5. The largest absolute Gasteiger partial charge is 0.476 e. The average Bonchev–Trinajstić information content (AvgIpc) is 2.94. The normalized spacial score (nSPS) is 26.9. The van der Waals surface area contributed by atoms with Crippen molar-refractivity contribution in [1.29, 1.82) is 0 Å². The van der Waals surface area contributed by atoms with E-state index >= 15 is 0 Å². The van der Waals surface area contributed by atoms with Gasteiger partial charge in [0, 0.05) is 21.3 Å². The van der Waals surface area contributed by atoms with Crippen molar-refractivity contribution in [2.24, 2.45) is 9.98 Å². The van der Waals surface area contributed by atoms with Crippen molar-refractivity contribution in [3.8, 4) is 0 Å². The molecule has 4 nitrogen and oxygen atoms in total. The standard InChI is InChI=1S/C15H25N3O/c1-3-4-5-6-10-19-15-14(16-12-17-15)13-8-7-9-18(2)11-13/h8H,3-7,9-12H2,1-2H3/i3D2,4D2,5D2. The molecule has 0 radical (unpaired) electrons. The third kappa shape index (κ3) is 4.16. The molecule has 0 fully saturated rings. The molecule has 0 aromatic heterocycles. The Bertz CT molecular complexity index is 595. The third-order valence-electron chi connectivity index (χ3n) is 2.97. The molecule has 0 bridgehead atoms. The first-order valence-corrected chi connectivity index (χ1v) is 6.56. The minimum absolute atomic E-state index is 0.0937. The van der Waals surface area contributed by atoms with Crippen molar-refractivity contribution in [1.82, 2.24) is 4.90 Å². The maximum absolute atomic E-state index is 7.91. The molecule has 19 heavy (non-hydrogen) atoms. The quantitative estimate of drug-likeness (QED) is 0.743. The zero-order chi connectivity index (χ0) is 18.9. The summed E-state index contributed by atoms with van der Waals surface area (Å²) in [6, 6.07) is 0. The Hall–Kier alpha value is -1.16. The van der Waals surface area contributed by atoms with Crippen molar-refractivity contribution in [3.05, 3.63) is 11.6 Å². The molecule has 0 aromatic carbocycles. The molecule has 0 atom stereocenters. The van der Waals surface area contributed by atoms with Crippen LogP contribution < -0.4 is 0 Å². The van der Waals surface area contributed by atoms with E-state index in [1.165, 1.54) is 0 Å². The second-order valence-electron chi connectivity index (χ2n) is 4.52. The van der Waals surface area contributed by atoms with E-state index in [-0.39, 0.29) is 19.7 Å². The molecule has 2 aliphatic heterocycles. The molecule has 2 aliphatic rings. The Labute approximate surface area is 124 Å². The van der Waals surface area contributed by atoms with Crippen LogP contribution in [0.25, 0.3) is 0 Å². The number of hydrogen-bond acceptors (Lipinski definition) is 4. The summed E-state index contributed by atoms with van der Waals surface area (Å²) in [4.78, 5) is 10.7. The minimum atomic E-state index is -2.63. The first-order valence-electron chi connectivity index (χ1n) is 9.56. The third-order valence-corrected chi connectivity index (χ3v) is 2.97. The number of nitrogens with zero attached hydrogens (tertiary/aromatic N) is 3. The van der Waals surface area contributed by atoms with Crippen LogP contribution in [0.4, 0.5) is 0 Å². The summed E-state index contributed by atoms with van der Waals surface area (Å²) in [6.45, 7) is 2.96. The molecule has 0 aromatic rings. The molecule has 0 saturated heterocycles. The van der Waals surface area contributed by atoms with Gasteiger partial charge in [0.15, 0.2) is 0 Å². The fourth-order valence-electron chi connectivity index (χ4n) is 2.08. The van der Waals surface area contributed by atoms with Crippen molar-refractivity contribution >= 4 is 11.6 Å². The monoisotopic (exact) mass is 269 g/mol. The lowest BCUT2D eigenvalue weighted by Gasteiger charge is -2.23. The number of rotatable bonds is 6. The van der Waals surface area contributed by atoms with Crippen molar-refractivity contribution < 1.29 is 13.0 Å². The van der Waals surface area contributed by atoms with Crippen molar-refractivity contribution in [3.63, 3.8) is 0 Å². The predicted octanol–water partition coefficient (Wildman–Crippen LogP) is 2.66. The Morgan fingerprint density at radius 1 is 1.42 bits per heavy atom. The highest BCUT2D eigenvalue weighted by Crippen LogP contribution is 2.14. The topological polar surface area (TPSA) is 37.2 Å². The van der Waals surface area contributed by atoms with Crippen LogP contribution in [0.3, 0.4) is 0 Å². The Morgan fingerprint density at radius 2 is 2.32 bits per heavy atom. The molecule has 106 valence electrons. The molecule has 0 N–H and O–H groups in total. The lowest BCUT2D eigenvalue weighted by molar-refractivity contribution is 0.298. The average molecular weight is 269 g/mol. The Balaban J connectivity index is 1.96. The minimum Gasteiger partial charge on any atom is -0.476 e. The van der Waals surface area contributed by atoms with Crippen LogP contribution in [0.15, 0.2) is 21.6 Å². The van der Waals surface area contributed by atoms with Gasteiger partial charge in [0.1, 0.15) is 12.4 Å². The van der Waals surface area contributed by atoms with Crippen LogP contribution in [0, 0.1) is 0 Å². The van der Waals surface area contributed by atoms with Crippen molar-refractivity contribution in [2.45, 2.75) is 38.9 Å². The van der Waals surface area contributed by atoms with E-state index in [4.69, 9.17) is 13.0 Å². The summed E-state index contributed by atoms with van der Waals surface area (Å²) in [7, 11) is 2.02. The summed E-state index contributed by atoms with van der Waals surface area (Å²) in [5, 5.41) is 0. The van der Waals surface area contributed by atoms with Gasteiger partial charge in [-0.15, -0.1) is 0 Å². The van der Waals surface area contributed by atoms with E-state index in [2.05, 4.69) is 21.0 Å². The first kappa shape index (κ1) is 8.20. The molecular weight excluding hydrogens is 238 g/mol.